The van der Waals surface area contributed by atoms with Crippen molar-refractivity contribution in [2.24, 2.45) is 10.9 Å². The molecule has 7 nitrogen and oxygen atoms in total. The third-order valence-corrected chi connectivity index (χ3v) is 4.07. The van der Waals surface area contributed by atoms with Crippen LogP contribution in [0.3, 0.4) is 0 Å². The van der Waals surface area contributed by atoms with Gasteiger partial charge in [0.1, 0.15) is 11.6 Å². The molecule has 0 aliphatic rings. The average Bonchev–Trinajstić information content (AvgIpc) is 3.03. The number of anilines is 1. The lowest BCUT2D eigenvalue weighted by Gasteiger charge is -2.22. The number of hydrogen-bond donors (Lipinski definition) is 3. The number of alkyl halides is 2. The zero-order valence-electron chi connectivity index (χ0n) is 14.5. The van der Waals surface area contributed by atoms with Gasteiger partial charge in [0.05, 0.1) is 17.8 Å². The Balaban J connectivity index is 1.97. The Hall–Kier alpha value is -3.30. The van der Waals surface area contributed by atoms with Crippen LogP contribution in [-0.2, 0) is 5.92 Å². The molecule has 0 bridgehead atoms. The second-order valence-electron chi connectivity index (χ2n) is 6.11. The van der Waals surface area contributed by atoms with E-state index in [4.69, 9.17) is 10.9 Å². The van der Waals surface area contributed by atoms with E-state index < -0.39 is 17.8 Å². The van der Waals surface area contributed by atoms with Gasteiger partial charge in [-0.15, -0.1) is 0 Å². The van der Waals surface area contributed by atoms with E-state index in [0.29, 0.717) is 17.0 Å². The zero-order chi connectivity index (χ0) is 19.8. The second kappa shape index (κ2) is 6.78. The Bertz CT molecular complexity index is 1010. The van der Waals surface area contributed by atoms with Gasteiger partial charge in [-0.2, -0.15) is 5.10 Å². The van der Waals surface area contributed by atoms with E-state index >= 15 is 0 Å². The van der Waals surface area contributed by atoms with Crippen molar-refractivity contribution in [2.45, 2.75) is 25.8 Å². The lowest BCUT2D eigenvalue weighted by molar-refractivity contribution is 0.0163. The van der Waals surface area contributed by atoms with Crippen LogP contribution in [0.15, 0.2) is 41.8 Å². The van der Waals surface area contributed by atoms with E-state index in [1.807, 2.05) is 0 Å². The van der Waals surface area contributed by atoms with Gasteiger partial charge in [0.25, 0.3) is 5.92 Å². The number of nitrogens with two attached hydrogens (primary N) is 1. The van der Waals surface area contributed by atoms with Crippen LogP contribution >= 0.6 is 0 Å². The van der Waals surface area contributed by atoms with Crippen LogP contribution in [-0.4, -0.2) is 25.6 Å². The van der Waals surface area contributed by atoms with Crippen molar-refractivity contribution in [3.63, 3.8) is 0 Å². The van der Waals surface area contributed by atoms with Crippen molar-refractivity contribution in [1.29, 1.82) is 0 Å². The van der Waals surface area contributed by atoms with Crippen LogP contribution in [0, 0.1) is 5.82 Å². The van der Waals surface area contributed by atoms with Crippen LogP contribution in [0.5, 0.6) is 0 Å². The van der Waals surface area contributed by atoms with Gasteiger partial charge in [-0.05, 0) is 36.8 Å². The van der Waals surface area contributed by atoms with Crippen molar-refractivity contribution < 1.29 is 18.4 Å². The van der Waals surface area contributed by atoms with Crippen molar-refractivity contribution in [3.8, 4) is 0 Å². The topological polar surface area (TPSA) is 101 Å². The number of fused-ring (bicyclic) bond motifs is 1. The van der Waals surface area contributed by atoms with Crippen LogP contribution in [0.2, 0.25) is 0 Å². The molecule has 0 aliphatic heterocycles. The summed E-state index contributed by atoms with van der Waals surface area (Å²) >= 11 is 0. The molecule has 3 aromatic rings. The molecule has 2 heterocycles. The standard InChI is InChI=1S/C17H17F3N6O/c1-9(11-7-10(18)3-4-13(11)17(2,19)20)23-14-5-6-26-16(24-14)12(8-22-26)15(21)25-27/h3-9,27H,1-2H3,(H2,21,25)(H,23,24)/t9-/m1/s1. The number of rotatable bonds is 5. The number of oxime groups is 1. The van der Waals surface area contributed by atoms with Gasteiger partial charge in [-0.25, -0.2) is 22.7 Å². The van der Waals surface area contributed by atoms with E-state index in [1.165, 1.54) is 10.7 Å². The van der Waals surface area contributed by atoms with Gasteiger partial charge in [0.2, 0.25) is 0 Å². The Morgan fingerprint density at radius 3 is 2.78 bits per heavy atom. The van der Waals surface area contributed by atoms with Gasteiger partial charge >= 0.3 is 0 Å². The molecule has 27 heavy (non-hydrogen) atoms. The van der Waals surface area contributed by atoms with Gasteiger partial charge in [0.15, 0.2) is 11.5 Å². The fourth-order valence-corrected chi connectivity index (χ4v) is 2.78. The van der Waals surface area contributed by atoms with E-state index in [1.54, 1.807) is 19.2 Å². The maximum Gasteiger partial charge on any atom is 0.270 e. The summed E-state index contributed by atoms with van der Waals surface area (Å²) in [5.74, 6) is -3.57. The first-order valence-corrected chi connectivity index (χ1v) is 7.97. The van der Waals surface area contributed by atoms with E-state index in [-0.39, 0.29) is 17.0 Å². The molecule has 142 valence electrons. The highest BCUT2D eigenvalue weighted by Crippen LogP contribution is 2.34. The Labute approximate surface area is 152 Å². The maximum absolute atomic E-state index is 13.9. The predicted molar refractivity (Wildman–Crippen MR) is 93.5 cm³/mol. The van der Waals surface area contributed by atoms with Gasteiger partial charge in [-0.1, -0.05) is 5.16 Å². The molecule has 0 aliphatic carbocycles. The summed E-state index contributed by atoms with van der Waals surface area (Å²) in [6.07, 6.45) is 2.96. The highest BCUT2D eigenvalue weighted by atomic mass is 19.3. The van der Waals surface area contributed by atoms with Crippen LogP contribution in [0.4, 0.5) is 19.0 Å². The number of nitrogens with zero attached hydrogens (tertiary/aromatic N) is 4. The highest BCUT2D eigenvalue weighted by Gasteiger charge is 2.29. The van der Waals surface area contributed by atoms with Crippen molar-refractivity contribution in [2.75, 3.05) is 5.32 Å². The number of halogens is 3. The lowest BCUT2D eigenvalue weighted by Crippen LogP contribution is -2.17. The molecule has 2 aromatic heterocycles. The first-order valence-electron chi connectivity index (χ1n) is 7.97. The molecule has 10 heteroatoms. The van der Waals surface area contributed by atoms with Gasteiger partial charge in [0, 0.05) is 18.7 Å². The minimum Gasteiger partial charge on any atom is -0.409 e. The molecule has 1 aromatic carbocycles. The molecule has 0 spiro atoms. The van der Waals surface area contributed by atoms with Crippen molar-refractivity contribution >= 4 is 17.3 Å². The summed E-state index contributed by atoms with van der Waals surface area (Å²) in [5.41, 5.74) is 6.05. The molecule has 0 radical (unpaired) electrons. The van der Waals surface area contributed by atoms with Crippen LogP contribution in [0.25, 0.3) is 5.65 Å². The van der Waals surface area contributed by atoms with Gasteiger partial charge in [-0.3, -0.25) is 0 Å². The summed E-state index contributed by atoms with van der Waals surface area (Å²) < 4.78 is 42.8. The maximum atomic E-state index is 13.9. The zero-order valence-corrected chi connectivity index (χ0v) is 14.5. The molecule has 0 amide bonds. The quantitative estimate of drug-likeness (QED) is 0.274. The third kappa shape index (κ3) is 3.64. The molecule has 4 N–H and O–H groups in total. The van der Waals surface area contributed by atoms with E-state index in [2.05, 4.69) is 20.6 Å². The number of hydrogen-bond acceptors (Lipinski definition) is 5. The Morgan fingerprint density at radius 1 is 1.37 bits per heavy atom. The molecule has 0 saturated carbocycles. The van der Waals surface area contributed by atoms with E-state index in [9.17, 15) is 13.2 Å². The smallest absolute Gasteiger partial charge is 0.270 e. The molecule has 0 saturated heterocycles. The third-order valence-electron chi connectivity index (χ3n) is 4.07. The monoisotopic (exact) mass is 378 g/mol. The minimum absolute atomic E-state index is 0.120. The SMILES string of the molecule is C[C@@H](Nc1ccn2ncc(/C(N)=N/O)c2n1)c1cc(F)ccc1C(C)(F)F. The fourth-order valence-electron chi connectivity index (χ4n) is 2.78. The normalized spacial score (nSPS) is 13.7. The number of amidine groups is 1. The minimum atomic E-state index is -3.12. The number of aromatic nitrogens is 3. The summed E-state index contributed by atoms with van der Waals surface area (Å²) in [5, 5.41) is 18.8. The van der Waals surface area contributed by atoms with Crippen molar-refractivity contribution in [1.82, 2.24) is 14.6 Å². The summed E-state index contributed by atoms with van der Waals surface area (Å²) in [4.78, 5) is 4.32. The molecular formula is C17H17F3N6O. The molecular weight excluding hydrogens is 361 g/mol. The predicted octanol–water partition coefficient (Wildman–Crippen LogP) is 3.25. The summed E-state index contributed by atoms with van der Waals surface area (Å²) in [6, 6.07) is 4.07. The van der Waals surface area contributed by atoms with Crippen LogP contribution < -0.4 is 11.1 Å². The molecule has 0 fully saturated rings. The van der Waals surface area contributed by atoms with Gasteiger partial charge < -0.3 is 16.3 Å². The van der Waals surface area contributed by atoms with Crippen LogP contribution in [0.1, 0.15) is 36.6 Å². The second-order valence-corrected chi connectivity index (χ2v) is 6.11. The Kier molecular flexibility index (Phi) is 4.64. The average molecular weight is 378 g/mol. The number of benzene rings is 1. The summed E-state index contributed by atoms with van der Waals surface area (Å²) in [6.45, 7) is 2.38. The first kappa shape index (κ1) is 18.5. The lowest BCUT2D eigenvalue weighted by atomic mass is 9.97. The molecule has 0 unspecified atom stereocenters. The number of nitrogens with one attached hydrogen (secondary N) is 1. The highest BCUT2D eigenvalue weighted by molar-refractivity contribution is 6.02. The van der Waals surface area contributed by atoms with E-state index in [0.717, 1.165) is 25.1 Å². The van der Waals surface area contributed by atoms with Crippen molar-refractivity contribution in [3.05, 3.63) is 59.2 Å². The molecule has 1 atom stereocenters. The molecule has 3 rings (SSSR count). The first-order chi connectivity index (χ1) is 12.7. The largest absolute Gasteiger partial charge is 0.409 e. The fraction of sp³-hybridized carbons (Fsp3) is 0.235. The Morgan fingerprint density at radius 2 is 2.11 bits per heavy atom. The summed E-state index contributed by atoms with van der Waals surface area (Å²) in [7, 11) is 0.